The summed E-state index contributed by atoms with van der Waals surface area (Å²) in [6.07, 6.45) is -10.2. The Morgan fingerprint density at radius 1 is 0.818 bits per heavy atom. The average Bonchev–Trinajstić information content (AvgIpc) is 1.97. The van der Waals surface area contributed by atoms with Gasteiger partial charge in [0.25, 0.3) is 0 Å². The van der Waals surface area contributed by atoms with E-state index in [-0.39, 0.29) is 0 Å². The number of aliphatic hydroxyl groups is 3. The molecular formula is C5H8F2O4. The van der Waals surface area contributed by atoms with E-state index in [1.807, 2.05) is 0 Å². The fraction of sp³-hybridized carbons (Fsp3) is 1.00. The third-order valence-electron chi connectivity index (χ3n) is 1.50. The molecule has 0 aromatic heterocycles. The van der Waals surface area contributed by atoms with Gasteiger partial charge in [0.15, 0.2) is 0 Å². The van der Waals surface area contributed by atoms with Crippen LogP contribution >= 0.6 is 0 Å². The van der Waals surface area contributed by atoms with Crippen molar-refractivity contribution >= 4 is 0 Å². The maximum absolute atomic E-state index is 12.3. The Kier molecular flexibility index (Phi) is 2.38. The van der Waals surface area contributed by atoms with Gasteiger partial charge in [-0.25, -0.2) is 8.78 Å². The molecule has 0 aromatic carbocycles. The van der Waals surface area contributed by atoms with Gasteiger partial charge in [-0.3, -0.25) is 0 Å². The van der Waals surface area contributed by atoms with Gasteiger partial charge in [0.1, 0.15) is 18.3 Å². The zero-order valence-corrected chi connectivity index (χ0v) is 5.39. The predicted octanol–water partition coefficient (Wildman–Crippen LogP) is -1.31. The van der Waals surface area contributed by atoms with E-state index in [0.717, 1.165) is 0 Å². The molecule has 0 aromatic rings. The standard InChI is InChI=1S/C5H8F2O4/c6-4-2(9)1(8)3(10)5(7)11-4/h1-5,8-10H/t1?,2-,3+,4+,5-. The van der Waals surface area contributed by atoms with Crippen LogP contribution in [-0.4, -0.2) is 46.3 Å². The van der Waals surface area contributed by atoms with Crippen LogP contribution in [0.25, 0.3) is 0 Å². The molecule has 0 bridgehead atoms. The molecule has 0 radical (unpaired) electrons. The van der Waals surface area contributed by atoms with Gasteiger partial charge in [-0.1, -0.05) is 0 Å². The molecule has 1 fully saturated rings. The molecule has 1 rings (SSSR count). The maximum atomic E-state index is 12.3. The fourth-order valence-corrected chi connectivity index (χ4v) is 0.797. The summed E-state index contributed by atoms with van der Waals surface area (Å²) in [6.45, 7) is 0. The van der Waals surface area contributed by atoms with Gasteiger partial charge in [0, 0.05) is 0 Å². The van der Waals surface area contributed by atoms with Crippen molar-refractivity contribution in [3.8, 4) is 0 Å². The van der Waals surface area contributed by atoms with Crippen molar-refractivity contribution in [1.29, 1.82) is 0 Å². The first-order valence-electron chi connectivity index (χ1n) is 3.02. The highest BCUT2D eigenvalue weighted by molar-refractivity contribution is 4.84. The zero-order valence-electron chi connectivity index (χ0n) is 5.39. The normalized spacial score (nSPS) is 52.6. The highest BCUT2D eigenvalue weighted by Crippen LogP contribution is 2.22. The molecule has 11 heavy (non-hydrogen) atoms. The SMILES string of the molecule is OC1[C@@H](O)[C@@H](F)O[C@@H](F)[C@H]1O. The molecule has 0 spiro atoms. The molecule has 6 heteroatoms. The van der Waals surface area contributed by atoms with Crippen molar-refractivity contribution in [1.82, 2.24) is 0 Å². The summed E-state index contributed by atoms with van der Waals surface area (Å²) in [4.78, 5) is 0. The molecule has 0 amide bonds. The van der Waals surface area contributed by atoms with E-state index < -0.39 is 31.0 Å². The van der Waals surface area contributed by atoms with Crippen molar-refractivity contribution in [2.45, 2.75) is 31.0 Å². The molecule has 1 saturated heterocycles. The number of ether oxygens (including phenoxy) is 1. The Bertz CT molecular complexity index is 130. The summed E-state index contributed by atoms with van der Waals surface area (Å²) in [7, 11) is 0. The minimum Gasteiger partial charge on any atom is -0.387 e. The Hall–Kier alpha value is -0.300. The van der Waals surface area contributed by atoms with E-state index in [0.29, 0.717) is 0 Å². The van der Waals surface area contributed by atoms with E-state index in [4.69, 9.17) is 15.3 Å². The molecule has 1 aliphatic heterocycles. The lowest BCUT2D eigenvalue weighted by Crippen LogP contribution is -2.54. The predicted molar refractivity (Wildman–Crippen MR) is 28.9 cm³/mol. The van der Waals surface area contributed by atoms with Crippen LogP contribution in [0, 0.1) is 0 Å². The van der Waals surface area contributed by atoms with Crippen molar-refractivity contribution in [2.75, 3.05) is 0 Å². The third kappa shape index (κ3) is 1.48. The molecule has 66 valence electrons. The van der Waals surface area contributed by atoms with Crippen LogP contribution in [-0.2, 0) is 4.74 Å². The van der Waals surface area contributed by atoms with Crippen molar-refractivity contribution in [2.24, 2.45) is 0 Å². The van der Waals surface area contributed by atoms with Crippen molar-refractivity contribution < 1.29 is 28.8 Å². The van der Waals surface area contributed by atoms with Gasteiger partial charge in [0.05, 0.1) is 0 Å². The van der Waals surface area contributed by atoms with E-state index in [9.17, 15) is 8.78 Å². The van der Waals surface area contributed by atoms with E-state index in [1.54, 1.807) is 0 Å². The lowest BCUT2D eigenvalue weighted by molar-refractivity contribution is -0.288. The second-order valence-corrected chi connectivity index (χ2v) is 2.31. The van der Waals surface area contributed by atoms with E-state index >= 15 is 0 Å². The lowest BCUT2D eigenvalue weighted by Gasteiger charge is -2.33. The molecule has 3 N–H and O–H groups in total. The Labute approximate surface area is 61.0 Å². The third-order valence-corrected chi connectivity index (χ3v) is 1.50. The van der Waals surface area contributed by atoms with Gasteiger partial charge in [-0.05, 0) is 0 Å². The zero-order chi connectivity index (χ0) is 8.59. The number of halogens is 2. The number of hydrogen-bond acceptors (Lipinski definition) is 4. The molecular weight excluding hydrogens is 162 g/mol. The number of hydrogen-bond donors (Lipinski definition) is 3. The van der Waals surface area contributed by atoms with Crippen LogP contribution in [0.4, 0.5) is 8.78 Å². The second-order valence-electron chi connectivity index (χ2n) is 2.31. The minimum atomic E-state index is -2.29. The van der Waals surface area contributed by atoms with Crippen LogP contribution in [0.15, 0.2) is 0 Å². The Morgan fingerprint density at radius 2 is 1.18 bits per heavy atom. The van der Waals surface area contributed by atoms with Gasteiger partial charge in [-0.15, -0.1) is 0 Å². The van der Waals surface area contributed by atoms with Gasteiger partial charge in [0.2, 0.25) is 12.7 Å². The number of alkyl halides is 2. The fourth-order valence-electron chi connectivity index (χ4n) is 0.797. The largest absolute Gasteiger partial charge is 0.387 e. The smallest absolute Gasteiger partial charge is 0.230 e. The molecule has 1 aliphatic rings. The number of rotatable bonds is 0. The van der Waals surface area contributed by atoms with Crippen molar-refractivity contribution in [3.63, 3.8) is 0 Å². The highest BCUT2D eigenvalue weighted by Gasteiger charge is 2.44. The van der Waals surface area contributed by atoms with Gasteiger partial charge >= 0.3 is 0 Å². The first kappa shape index (κ1) is 8.79. The van der Waals surface area contributed by atoms with Crippen LogP contribution < -0.4 is 0 Å². The summed E-state index contributed by atoms with van der Waals surface area (Å²) in [5.74, 6) is 0. The first-order chi connectivity index (χ1) is 5.04. The van der Waals surface area contributed by atoms with Crippen molar-refractivity contribution in [3.05, 3.63) is 0 Å². The summed E-state index contributed by atoms with van der Waals surface area (Å²) in [5.41, 5.74) is 0. The Balaban J connectivity index is 2.63. The van der Waals surface area contributed by atoms with E-state index in [1.165, 1.54) is 0 Å². The summed E-state index contributed by atoms with van der Waals surface area (Å²) in [6, 6.07) is 0. The van der Waals surface area contributed by atoms with Gasteiger partial charge in [-0.2, -0.15) is 0 Å². The number of aliphatic hydroxyl groups excluding tert-OH is 3. The quantitative estimate of drug-likeness (QED) is 0.422. The van der Waals surface area contributed by atoms with Gasteiger partial charge < -0.3 is 20.1 Å². The molecule has 1 heterocycles. The maximum Gasteiger partial charge on any atom is 0.230 e. The van der Waals surface area contributed by atoms with Crippen LogP contribution in [0.2, 0.25) is 0 Å². The monoisotopic (exact) mass is 170 g/mol. The summed E-state index contributed by atoms with van der Waals surface area (Å²) < 4.78 is 28.3. The highest BCUT2D eigenvalue weighted by atomic mass is 19.2. The molecule has 0 saturated carbocycles. The summed E-state index contributed by atoms with van der Waals surface area (Å²) in [5, 5.41) is 26.0. The molecule has 1 unspecified atom stereocenters. The molecule has 0 aliphatic carbocycles. The lowest BCUT2D eigenvalue weighted by atomic mass is 10.1. The van der Waals surface area contributed by atoms with Crippen LogP contribution in [0.5, 0.6) is 0 Å². The molecule has 5 atom stereocenters. The first-order valence-corrected chi connectivity index (χ1v) is 3.02. The van der Waals surface area contributed by atoms with Crippen LogP contribution in [0.1, 0.15) is 0 Å². The topological polar surface area (TPSA) is 69.9 Å². The summed E-state index contributed by atoms with van der Waals surface area (Å²) >= 11 is 0. The second kappa shape index (κ2) is 2.98. The minimum absolute atomic E-state index is 1.84. The van der Waals surface area contributed by atoms with Crippen LogP contribution in [0.3, 0.4) is 0 Å². The average molecular weight is 170 g/mol. The molecule has 4 nitrogen and oxygen atoms in total. The Morgan fingerprint density at radius 3 is 1.55 bits per heavy atom. The van der Waals surface area contributed by atoms with E-state index in [2.05, 4.69) is 4.74 Å².